The molecule has 1 fully saturated rings. The summed E-state index contributed by atoms with van der Waals surface area (Å²) >= 11 is 6.04. The molecule has 0 N–H and O–H groups in total. The number of nitrogens with zero attached hydrogens (tertiary/aromatic N) is 5. The first-order valence-electron chi connectivity index (χ1n) is 10.5. The Hall–Kier alpha value is -2.26. The fourth-order valence-electron chi connectivity index (χ4n) is 3.97. The average Bonchev–Trinajstić information content (AvgIpc) is 2.73. The number of hydrogen-bond donors (Lipinski definition) is 0. The van der Waals surface area contributed by atoms with Gasteiger partial charge in [0.25, 0.3) is 0 Å². The van der Waals surface area contributed by atoms with Gasteiger partial charge in [-0.05, 0) is 69.0 Å². The molecule has 2 aromatic rings. The summed E-state index contributed by atoms with van der Waals surface area (Å²) in [6, 6.07) is 17.1. The van der Waals surface area contributed by atoms with Crippen molar-refractivity contribution in [2.45, 2.75) is 19.5 Å². The van der Waals surface area contributed by atoms with E-state index < -0.39 is 0 Å². The highest BCUT2D eigenvalue weighted by atomic mass is 35.5. The first-order valence-corrected chi connectivity index (χ1v) is 10.9. The Balaban J connectivity index is 1.68. The molecule has 6 heteroatoms. The molecule has 1 saturated heterocycles. The molecule has 0 amide bonds. The summed E-state index contributed by atoms with van der Waals surface area (Å²) in [5.74, 6) is 0. The second-order valence-electron chi connectivity index (χ2n) is 8.43. The smallest absolute Gasteiger partial charge is 0.0995 e. The number of likely N-dealkylation sites (N-methyl/N-ethyl adjacent to an activating group) is 2. The van der Waals surface area contributed by atoms with Crippen LogP contribution in [0.25, 0.3) is 0 Å². The molecule has 1 unspecified atom stereocenters. The van der Waals surface area contributed by atoms with Crippen molar-refractivity contribution < 1.29 is 0 Å². The van der Waals surface area contributed by atoms with Crippen LogP contribution in [0.3, 0.4) is 0 Å². The third-order valence-corrected chi connectivity index (χ3v) is 6.05. The van der Waals surface area contributed by atoms with Crippen LogP contribution in [0, 0.1) is 11.3 Å². The zero-order valence-electron chi connectivity index (χ0n) is 18.5. The van der Waals surface area contributed by atoms with Gasteiger partial charge in [0, 0.05) is 68.8 Å². The van der Waals surface area contributed by atoms with Gasteiger partial charge in [0.1, 0.15) is 0 Å². The monoisotopic (exact) mass is 425 g/mol. The minimum absolute atomic E-state index is 0.399. The van der Waals surface area contributed by atoms with Crippen molar-refractivity contribution in [1.82, 2.24) is 9.80 Å². The van der Waals surface area contributed by atoms with Crippen LogP contribution in [0.15, 0.2) is 42.5 Å². The van der Waals surface area contributed by atoms with Crippen molar-refractivity contribution >= 4 is 23.0 Å². The molecule has 0 bridgehead atoms. The molecule has 0 saturated carbocycles. The number of hydrogen-bond acceptors (Lipinski definition) is 5. The molecule has 1 atom stereocenters. The zero-order valence-corrected chi connectivity index (χ0v) is 19.2. The van der Waals surface area contributed by atoms with Gasteiger partial charge >= 0.3 is 0 Å². The van der Waals surface area contributed by atoms with E-state index in [0.717, 1.165) is 55.4 Å². The van der Waals surface area contributed by atoms with Crippen LogP contribution in [0.1, 0.15) is 18.1 Å². The predicted molar refractivity (Wildman–Crippen MR) is 127 cm³/mol. The quantitative estimate of drug-likeness (QED) is 0.672. The molecule has 160 valence electrons. The van der Waals surface area contributed by atoms with E-state index in [4.69, 9.17) is 11.6 Å². The van der Waals surface area contributed by atoms with E-state index in [2.05, 4.69) is 78.0 Å². The minimum atomic E-state index is 0.399. The maximum Gasteiger partial charge on any atom is 0.0995 e. The number of halogens is 1. The summed E-state index contributed by atoms with van der Waals surface area (Å²) in [4.78, 5) is 9.33. The van der Waals surface area contributed by atoms with Crippen molar-refractivity contribution in [3.63, 3.8) is 0 Å². The Morgan fingerprint density at radius 2 is 1.80 bits per heavy atom. The summed E-state index contributed by atoms with van der Waals surface area (Å²) in [6.45, 7) is 7.92. The molecule has 5 nitrogen and oxygen atoms in total. The standard InChI is InChI=1S/C24H32ClN5/c1-19-17-29(13-14-30(19)23-9-6-22(25)7-10-23)18-21-15-24(8-5-20(21)16-26)28(4)12-11-27(2)3/h5-10,15,19H,11-14,17-18H2,1-4H3. The second-order valence-corrected chi connectivity index (χ2v) is 8.87. The van der Waals surface area contributed by atoms with E-state index in [1.54, 1.807) is 0 Å². The van der Waals surface area contributed by atoms with E-state index in [0.29, 0.717) is 6.04 Å². The second kappa shape index (κ2) is 10.2. The van der Waals surface area contributed by atoms with E-state index >= 15 is 0 Å². The van der Waals surface area contributed by atoms with Gasteiger partial charge in [0.2, 0.25) is 0 Å². The maximum absolute atomic E-state index is 9.61. The highest BCUT2D eigenvalue weighted by Gasteiger charge is 2.24. The summed E-state index contributed by atoms with van der Waals surface area (Å²) in [5.41, 5.74) is 4.26. The van der Waals surface area contributed by atoms with Gasteiger partial charge in [0.15, 0.2) is 0 Å². The van der Waals surface area contributed by atoms with Crippen LogP contribution in [0.5, 0.6) is 0 Å². The number of nitriles is 1. The summed E-state index contributed by atoms with van der Waals surface area (Å²) in [5, 5.41) is 10.4. The molecule has 1 aliphatic heterocycles. The summed E-state index contributed by atoms with van der Waals surface area (Å²) in [6.07, 6.45) is 0. The van der Waals surface area contributed by atoms with E-state index in [1.807, 2.05) is 18.2 Å². The lowest BCUT2D eigenvalue weighted by molar-refractivity contribution is 0.221. The number of anilines is 2. The first-order chi connectivity index (χ1) is 14.4. The predicted octanol–water partition coefficient (Wildman–Crippen LogP) is 3.92. The lowest BCUT2D eigenvalue weighted by Crippen LogP contribution is -2.51. The van der Waals surface area contributed by atoms with E-state index in [1.165, 1.54) is 11.4 Å². The van der Waals surface area contributed by atoms with Crippen molar-refractivity contribution in [2.24, 2.45) is 0 Å². The molecule has 1 aliphatic rings. The average molecular weight is 426 g/mol. The normalized spacial score (nSPS) is 17.2. The first kappa shape index (κ1) is 22.4. The van der Waals surface area contributed by atoms with Crippen LogP contribution in [0.4, 0.5) is 11.4 Å². The minimum Gasteiger partial charge on any atom is -0.373 e. The van der Waals surface area contributed by atoms with Crippen LogP contribution >= 0.6 is 11.6 Å². The van der Waals surface area contributed by atoms with Gasteiger partial charge in [-0.1, -0.05) is 11.6 Å². The molecule has 30 heavy (non-hydrogen) atoms. The molecule has 0 spiro atoms. The highest BCUT2D eigenvalue weighted by Crippen LogP contribution is 2.25. The highest BCUT2D eigenvalue weighted by molar-refractivity contribution is 6.30. The molecule has 3 rings (SSSR count). The van der Waals surface area contributed by atoms with Gasteiger partial charge in [-0.3, -0.25) is 4.90 Å². The van der Waals surface area contributed by atoms with Gasteiger partial charge < -0.3 is 14.7 Å². The van der Waals surface area contributed by atoms with Gasteiger partial charge in [0.05, 0.1) is 11.6 Å². The third kappa shape index (κ3) is 5.66. The van der Waals surface area contributed by atoms with Crippen molar-refractivity contribution in [3.8, 4) is 6.07 Å². The lowest BCUT2D eigenvalue weighted by Gasteiger charge is -2.41. The molecule has 0 aromatic heterocycles. The van der Waals surface area contributed by atoms with Crippen molar-refractivity contribution in [2.75, 3.05) is 63.7 Å². The Morgan fingerprint density at radius 1 is 1.07 bits per heavy atom. The van der Waals surface area contributed by atoms with E-state index in [9.17, 15) is 5.26 Å². The fraction of sp³-hybridized carbons (Fsp3) is 0.458. The summed E-state index contributed by atoms with van der Waals surface area (Å²) in [7, 11) is 6.29. The number of piperazine rings is 1. The zero-order chi connectivity index (χ0) is 21.7. The fourth-order valence-corrected chi connectivity index (χ4v) is 4.10. The molecule has 0 aliphatic carbocycles. The van der Waals surface area contributed by atoms with Crippen LogP contribution in [-0.2, 0) is 6.54 Å². The third-order valence-electron chi connectivity index (χ3n) is 5.80. The van der Waals surface area contributed by atoms with Crippen molar-refractivity contribution in [1.29, 1.82) is 5.26 Å². The van der Waals surface area contributed by atoms with Gasteiger partial charge in [-0.2, -0.15) is 5.26 Å². The van der Waals surface area contributed by atoms with Gasteiger partial charge in [-0.15, -0.1) is 0 Å². The topological polar surface area (TPSA) is 36.8 Å². The van der Waals surface area contributed by atoms with E-state index in [-0.39, 0.29) is 0 Å². The van der Waals surface area contributed by atoms with Crippen LogP contribution in [-0.4, -0.2) is 69.7 Å². The molecule has 1 heterocycles. The van der Waals surface area contributed by atoms with Crippen molar-refractivity contribution in [3.05, 3.63) is 58.6 Å². The van der Waals surface area contributed by atoms with Crippen LogP contribution < -0.4 is 9.80 Å². The number of rotatable bonds is 7. The molecular weight excluding hydrogens is 394 g/mol. The molecule has 2 aromatic carbocycles. The number of benzene rings is 2. The Morgan fingerprint density at radius 3 is 2.43 bits per heavy atom. The molecule has 0 radical (unpaired) electrons. The summed E-state index contributed by atoms with van der Waals surface area (Å²) < 4.78 is 0. The Kier molecular flexibility index (Phi) is 7.60. The van der Waals surface area contributed by atoms with Crippen LogP contribution in [0.2, 0.25) is 5.02 Å². The molecular formula is C24H32ClN5. The lowest BCUT2D eigenvalue weighted by atomic mass is 10.0. The Bertz CT molecular complexity index is 874. The Labute approximate surface area is 186 Å². The largest absolute Gasteiger partial charge is 0.373 e. The van der Waals surface area contributed by atoms with Gasteiger partial charge in [-0.25, -0.2) is 0 Å². The SMILES string of the molecule is CC1CN(Cc2cc(N(C)CCN(C)C)ccc2C#N)CCN1c1ccc(Cl)cc1. The maximum atomic E-state index is 9.61.